The zero-order valence-electron chi connectivity index (χ0n) is 17.9. The van der Waals surface area contributed by atoms with Crippen molar-refractivity contribution in [3.8, 4) is 0 Å². The number of carbonyl (C=O) groups excluding carboxylic acids is 1. The van der Waals surface area contributed by atoms with Crippen molar-refractivity contribution in [1.29, 1.82) is 0 Å². The molecule has 2 aromatic carbocycles. The molecular weight excluding hydrogens is 443 g/mol. The monoisotopic (exact) mass is 470 g/mol. The Bertz CT molecular complexity index is 1010. The van der Waals surface area contributed by atoms with Crippen molar-refractivity contribution >= 4 is 23.6 Å². The second-order valence-electron chi connectivity index (χ2n) is 6.81. The van der Waals surface area contributed by atoms with Crippen LogP contribution in [0.4, 0.5) is 0 Å². The first kappa shape index (κ1) is 25.2. The summed E-state index contributed by atoms with van der Waals surface area (Å²) in [6.45, 7) is 3.54. The van der Waals surface area contributed by atoms with Crippen molar-refractivity contribution in [3.05, 3.63) is 65.7 Å². The molecular formula is C21H27O8PS. The lowest BCUT2D eigenvalue weighted by Crippen LogP contribution is -2.29. The van der Waals surface area contributed by atoms with Crippen LogP contribution in [0, 0.1) is 0 Å². The summed E-state index contributed by atoms with van der Waals surface area (Å²) in [5, 5.41) is 0. The van der Waals surface area contributed by atoms with Crippen LogP contribution in [-0.2, 0) is 38.3 Å². The van der Waals surface area contributed by atoms with Crippen LogP contribution in [0.15, 0.2) is 59.5 Å². The molecule has 0 N–H and O–H groups in total. The Labute approximate surface area is 183 Å². The van der Waals surface area contributed by atoms with Crippen molar-refractivity contribution in [1.82, 2.24) is 0 Å². The first-order chi connectivity index (χ1) is 14.6. The highest BCUT2D eigenvalue weighted by atomic mass is 32.2. The van der Waals surface area contributed by atoms with Crippen LogP contribution >= 0.6 is 7.82 Å². The van der Waals surface area contributed by atoms with E-state index in [0.29, 0.717) is 11.1 Å². The highest BCUT2D eigenvalue weighted by Gasteiger charge is 2.39. The van der Waals surface area contributed by atoms with Crippen LogP contribution in [0.5, 0.6) is 0 Å². The fraction of sp³-hybridized carbons (Fsp3) is 0.381. The second-order valence-corrected chi connectivity index (χ2v) is 10.7. The van der Waals surface area contributed by atoms with Gasteiger partial charge in [-0.25, -0.2) is 17.8 Å². The van der Waals surface area contributed by atoms with Gasteiger partial charge in [-0.1, -0.05) is 30.3 Å². The number of rotatable bonds is 11. The third-order valence-electron chi connectivity index (χ3n) is 4.72. The molecule has 1 atom stereocenters. The van der Waals surface area contributed by atoms with Gasteiger partial charge < -0.3 is 4.74 Å². The van der Waals surface area contributed by atoms with Gasteiger partial charge in [-0.15, -0.1) is 0 Å². The van der Waals surface area contributed by atoms with E-state index in [9.17, 15) is 17.8 Å². The lowest BCUT2D eigenvalue weighted by molar-refractivity contribution is 0.0292. The van der Waals surface area contributed by atoms with Crippen LogP contribution in [0.2, 0.25) is 0 Å². The maximum Gasteiger partial charge on any atom is 0.475 e. The summed E-state index contributed by atoms with van der Waals surface area (Å²) in [6.07, 6.45) is -0.0420. The van der Waals surface area contributed by atoms with Gasteiger partial charge in [0.25, 0.3) is 0 Å². The van der Waals surface area contributed by atoms with Gasteiger partial charge >= 0.3 is 13.8 Å². The molecule has 10 heteroatoms. The summed E-state index contributed by atoms with van der Waals surface area (Å²) in [6, 6.07) is 14.3. The van der Waals surface area contributed by atoms with Gasteiger partial charge in [0.1, 0.15) is 5.60 Å². The molecule has 0 aliphatic carbocycles. The third kappa shape index (κ3) is 6.48. The van der Waals surface area contributed by atoms with Gasteiger partial charge in [-0.3, -0.25) is 13.6 Å². The third-order valence-corrected chi connectivity index (χ3v) is 7.97. The molecule has 170 valence electrons. The predicted molar refractivity (Wildman–Crippen MR) is 116 cm³/mol. The largest absolute Gasteiger partial charge is 0.475 e. The van der Waals surface area contributed by atoms with E-state index in [4.69, 9.17) is 18.3 Å². The van der Waals surface area contributed by atoms with E-state index in [-0.39, 0.29) is 23.7 Å². The van der Waals surface area contributed by atoms with E-state index in [2.05, 4.69) is 0 Å². The number of sulfone groups is 1. The van der Waals surface area contributed by atoms with Gasteiger partial charge in [-0.2, -0.15) is 0 Å². The van der Waals surface area contributed by atoms with Crippen molar-refractivity contribution in [2.75, 3.05) is 26.6 Å². The Morgan fingerprint density at radius 1 is 1.00 bits per heavy atom. The topological polar surface area (TPSA) is 105 Å². The molecule has 2 rings (SSSR count). The minimum Gasteiger partial charge on any atom is -0.462 e. The molecule has 0 aromatic heterocycles. The molecule has 0 fully saturated rings. The van der Waals surface area contributed by atoms with E-state index in [1.165, 1.54) is 38.5 Å². The fourth-order valence-electron chi connectivity index (χ4n) is 2.89. The molecule has 0 heterocycles. The second kappa shape index (κ2) is 10.5. The number of carbonyl (C=O) groups is 1. The van der Waals surface area contributed by atoms with Gasteiger partial charge in [0.05, 0.1) is 22.8 Å². The van der Waals surface area contributed by atoms with Gasteiger partial charge in [0.15, 0.2) is 9.84 Å². The smallest absolute Gasteiger partial charge is 0.462 e. The SMILES string of the molecule is CCOC(=O)c1ccc(C(C)(CCS(=O)(=O)c2ccccc2)OP(=O)(OC)OC)cc1. The quantitative estimate of drug-likeness (QED) is 0.352. The number of esters is 1. The van der Waals surface area contributed by atoms with Crippen LogP contribution in [-0.4, -0.2) is 41.0 Å². The molecule has 0 spiro atoms. The molecule has 0 bridgehead atoms. The van der Waals surface area contributed by atoms with E-state index in [1.807, 2.05) is 0 Å². The van der Waals surface area contributed by atoms with E-state index in [1.54, 1.807) is 44.2 Å². The van der Waals surface area contributed by atoms with Crippen molar-refractivity contribution in [2.45, 2.75) is 30.8 Å². The van der Waals surface area contributed by atoms with E-state index >= 15 is 0 Å². The molecule has 0 saturated heterocycles. The van der Waals surface area contributed by atoms with Crippen LogP contribution in [0.25, 0.3) is 0 Å². The lowest BCUT2D eigenvalue weighted by atomic mass is 9.92. The molecule has 0 amide bonds. The maximum absolute atomic E-state index is 12.8. The average Bonchev–Trinajstić information content (AvgIpc) is 2.78. The first-order valence-corrected chi connectivity index (χ1v) is 12.7. The van der Waals surface area contributed by atoms with E-state index in [0.717, 1.165) is 0 Å². The van der Waals surface area contributed by atoms with Gasteiger partial charge in [-0.05, 0) is 50.1 Å². The predicted octanol–water partition coefficient (Wildman–Crippen LogP) is 4.36. The first-order valence-electron chi connectivity index (χ1n) is 9.57. The van der Waals surface area contributed by atoms with Crippen molar-refractivity contribution in [2.24, 2.45) is 0 Å². The maximum atomic E-state index is 12.8. The van der Waals surface area contributed by atoms with E-state index < -0.39 is 29.2 Å². The number of ether oxygens (including phenoxy) is 1. The molecule has 2 aromatic rings. The Kier molecular flexibility index (Phi) is 8.57. The minimum absolute atomic E-state index is 0.0420. The standard InChI is InChI=1S/C21H27O8PS/c1-5-28-20(22)17-11-13-18(14-12-17)21(2,29-30(23,26-3)27-4)15-16-31(24,25)19-9-7-6-8-10-19/h6-14H,5,15-16H2,1-4H3. The average molecular weight is 470 g/mol. The summed E-state index contributed by atoms with van der Waals surface area (Å²) in [4.78, 5) is 12.1. The van der Waals surface area contributed by atoms with Crippen molar-refractivity contribution < 1.29 is 36.1 Å². The van der Waals surface area contributed by atoms with Crippen LogP contribution in [0.1, 0.15) is 36.2 Å². The normalized spacial score (nSPS) is 14.1. The zero-order chi connectivity index (χ0) is 23.1. The highest BCUT2D eigenvalue weighted by Crippen LogP contribution is 2.54. The Hall–Kier alpha value is -2.03. The zero-order valence-corrected chi connectivity index (χ0v) is 19.6. The number of phosphoric acid groups is 1. The highest BCUT2D eigenvalue weighted by molar-refractivity contribution is 7.91. The molecule has 0 radical (unpaired) electrons. The Morgan fingerprint density at radius 2 is 1.58 bits per heavy atom. The molecule has 0 aliphatic heterocycles. The summed E-state index contributed by atoms with van der Waals surface area (Å²) < 4.78 is 58.8. The number of hydrogen-bond acceptors (Lipinski definition) is 8. The number of hydrogen-bond donors (Lipinski definition) is 0. The molecule has 0 aliphatic rings. The summed E-state index contributed by atoms with van der Waals surface area (Å²) in [5.74, 6) is -0.761. The Morgan fingerprint density at radius 3 is 2.10 bits per heavy atom. The van der Waals surface area contributed by atoms with Gasteiger partial charge in [0, 0.05) is 14.2 Å². The number of benzene rings is 2. The molecule has 1 unspecified atom stereocenters. The molecule has 31 heavy (non-hydrogen) atoms. The summed E-state index contributed by atoms with van der Waals surface area (Å²) in [5.41, 5.74) is -0.527. The van der Waals surface area contributed by atoms with Gasteiger partial charge in [0.2, 0.25) is 0 Å². The Balaban J connectivity index is 2.37. The molecule has 8 nitrogen and oxygen atoms in total. The summed E-state index contributed by atoms with van der Waals surface area (Å²) in [7, 11) is -5.22. The number of phosphoric ester groups is 1. The lowest BCUT2D eigenvalue weighted by Gasteiger charge is -2.32. The van der Waals surface area contributed by atoms with Crippen LogP contribution in [0.3, 0.4) is 0 Å². The fourth-order valence-corrected chi connectivity index (χ4v) is 5.34. The summed E-state index contributed by atoms with van der Waals surface area (Å²) >= 11 is 0. The van der Waals surface area contributed by atoms with Crippen molar-refractivity contribution in [3.63, 3.8) is 0 Å². The molecule has 0 saturated carbocycles. The van der Waals surface area contributed by atoms with Crippen LogP contribution < -0.4 is 0 Å². The minimum atomic E-state index is -3.95.